The van der Waals surface area contributed by atoms with Crippen molar-refractivity contribution in [1.29, 1.82) is 0 Å². The van der Waals surface area contributed by atoms with E-state index in [2.05, 4.69) is 32.1 Å². The minimum absolute atomic E-state index is 0.113. The van der Waals surface area contributed by atoms with Crippen LogP contribution in [-0.2, 0) is 13.0 Å². The van der Waals surface area contributed by atoms with Crippen LogP contribution in [0.1, 0.15) is 54.4 Å². The molecule has 170 valence electrons. The Hall–Kier alpha value is -3.81. The fraction of sp³-hybridized carbons (Fsp3) is 0.320. The number of benzene rings is 1. The number of aromatic nitrogens is 5. The van der Waals surface area contributed by atoms with Crippen LogP contribution in [0.2, 0.25) is 0 Å². The molecule has 0 atom stereocenters. The monoisotopic (exact) mass is 444 g/mol. The Balaban J connectivity index is 1.79. The zero-order chi connectivity index (χ0) is 23.5. The molecular weight excluding hydrogens is 416 g/mol. The molecule has 2 N–H and O–H groups in total. The molecule has 8 heteroatoms. The molecule has 0 aliphatic heterocycles. The van der Waals surface area contributed by atoms with Crippen molar-refractivity contribution in [2.45, 2.75) is 53.1 Å². The number of fused-ring (bicyclic) bond motifs is 1. The number of carbonyl (C=O) groups is 1. The molecule has 3 heterocycles. The highest BCUT2D eigenvalue weighted by molar-refractivity contribution is 6.07. The number of hydrogen-bond donors (Lipinski definition) is 2. The Labute approximate surface area is 192 Å². The summed E-state index contributed by atoms with van der Waals surface area (Å²) in [6.07, 6.45) is 8.26. The number of amides is 1. The number of nitrogens with one attached hydrogen (secondary N) is 2. The van der Waals surface area contributed by atoms with Crippen LogP contribution in [0.4, 0.5) is 0 Å². The van der Waals surface area contributed by atoms with Crippen LogP contribution in [0.15, 0.2) is 47.9 Å². The van der Waals surface area contributed by atoms with Crippen molar-refractivity contribution in [2.24, 2.45) is 0 Å². The molecule has 8 nitrogen and oxygen atoms in total. The van der Waals surface area contributed by atoms with E-state index in [4.69, 9.17) is 0 Å². The number of hydrogen-bond acceptors (Lipinski definition) is 5. The number of aryl methyl sites for hydroxylation is 2. The van der Waals surface area contributed by atoms with Gasteiger partial charge in [-0.2, -0.15) is 5.10 Å². The summed E-state index contributed by atoms with van der Waals surface area (Å²) in [5, 5.41) is 7.85. The quantitative estimate of drug-likeness (QED) is 0.448. The first kappa shape index (κ1) is 22.4. The van der Waals surface area contributed by atoms with Crippen molar-refractivity contribution < 1.29 is 4.79 Å². The number of nitrogens with zero attached hydrogens (tertiary/aromatic N) is 4. The molecule has 0 aliphatic carbocycles. The topological polar surface area (TPSA) is 108 Å². The first-order valence-corrected chi connectivity index (χ1v) is 11.1. The van der Waals surface area contributed by atoms with Crippen molar-refractivity contribution in [1.82, 2.24) is 30.0 Å². The minimum Gasteiger partial charge on any atom is -0.332 e. The predicted octanol–water partition coefficient (Wildman–Crippen LogP) is 4.02. The summed E-state index contributed by atoms with van der Waals surface area (Å²) in [5.74, 6) is -0.155. The van der Waals surface area contributed by atoms with Gasteiger partial charge < -0.3 is 9.88 Å². The van der Waals surface area contributed by atoms with Crippen molar-refractivity contribution in [3.63, 3.8) is 0 Å². The second kappa shape index (κ2) is 9.36. The van der Waals surface area contributed by atoms with Gasteiger partial charge in [-0.15, -0.1) is 0 Å². The van der Waals surface area contributed by atoms with Crippen LogP contribution in [0, 0.1) is 6.92 Å². The summed E-state index contributed by atoms with van der Waals surface area (Å²) in [6, 6.07) is 5.67. The lowest BCUT2D eigenvalue weighted by Gasteiger charge is -2.28. The Morgan fingerprint density at radius 2 is 1.85 bits per heavy atom. The van der Waals surface area contributed by atoms with Gasteiger partial charge in [0.2, 0.25) is 0 Å². The fourth-order valence-electron chi connectivity index (χ4n) is 4.11. The minimum atomic E-state index is -0.155. The van der Waals surface area contributed by atoms with Crippen LogP contribution in [0.5, 0.6) is 0 Å². The van der Waals surface area contributed by atoms with Crippen LogP contribution < -0.4 is 5.56 Å². The number of H-pyrrole nitrogens is 2. The third-order valence-corrected chi connectivity index (χ3v) is 5.78. The highest BCUT2D eigenvalue weighted by Crippen LogP contribution is 2.28. The van der Waals surface area contributed by atoms with Gasteiger partial charge in [-0.05, 0) is 56.5 Å². The summed E-state index contributed by atoms with van der Waals surface area (Å²) < 4.78 is 0. The van der Waals surface area contributed by atoms with Gasteiger partial charge in [0.05, 0.1) is 23.8 Å². The van der Waals surface area contributed by atoms with Crippen LogP contribution >= 0.6 is 0 Å². The molecule has 0 aliphatic rings. The second-order valence-electron chi connectivity index (χ2n) is 8.54. The van der Waals surface area contributed by atoms with E-state index in [-0.39, 0.29) is 24.1 Å². The molecule has 0 unspecified atom stereocenters. The SMILES string of the molecule is CCCc1cc(C)[nH]c(=O)c1CN(C(=O)c1cc(-c2cncnc2)cc2[nH]ncc12)C(C)C. The molecule has 0 saturated heterocycles. The molecule has 0 bridgehead atoms. The maximum atomic E-state index is 13.9. The van der Waals surface area contributed by atoms with Gasteiger partial charge in [-0.1, -0.05) is 13.3 Å². The summed E-state index contributed by atoms with van der Waals surface area (Å²) in [4.78, 5) is 39.5. The Morgan fingerprint density at radius 3 is 2.55 bits per heavy atom. The van der Waals surface area contributed by atoms with E-state index in [1.165, 1.54) is 6.33 Å². The van der Waals surface area contributed by atoms with E-state index >= 15 is 0 Å². The van der Waals surface area contributed by atoms with Gasteiger partial charge in [0.1, 0.15) is 6.33 Å². The van der Waals surface area contributed by atoms with Crippen molar-refractivity contribution in [3.05, 3.63) is 75.9 Å². The molecule has 0 spiro atoms. The molecule has 1 amide bonds. The van der Waals surface area contributed by atoms with Crippen LogP contribution in [0.3, 0.4) is 0 Å². The maximum Gasteiger partial charge on any atom is 0.255 e. The van der Waals surface area contributed by atoms with Crippen LogP contribution in [-0.4, -0.2) is 42.0 Å². The van der Waals surface area contributed by atoms with E-state index in [0.29, 0.717) is 11.1 Å². The molecule has 3 aromatic heterocycles. The van der Waals surface area contributed by atoms with E-state index < -0.39 is 0 Å². The molecular formula is C25H28N6O2. The summed E-state index contributed by atoms with van der Waals surface area (Å²) in [5.41, 5.74) is 5.21. The highest BCUT2D eigenvalue weighted by Gasteiger charge is 2.24. The van der Waals surface area contributed by atoms with Gasteiger partial charge in [-0.25, -0.2) is 9.97 Å². The zero-order valence-corrected chi connectivity index (χ0v) is 19.3. The van der Waals surface area contributed by atoms with E-state index in [9.17, 15) is 9.59 Å². The Bertz CT molecular complexity index is 1340. The predicted molar refractivity (Wildman–Crippen MR) is 128 cm³/mol. The lowest BCUT2D eigenvalue weighted by atomic mass is 9.99. The van der Waals surface area contributed by atoms with E-state index in [1.807, 2.05) is 39.0 Å². The van der Waals surface area contributed by atoms with Crippen molar-refractivity contribution in [3.8, 4) is 11.1 Å². The third kappa shape index (κ3) is 4.55. The molecule has 4 aromatic rings. The van der Waals surface area contributed by atoms with Gasteiger partial charge in [0.25, 0.3) is 11.5 Å². The third-order valence-electron chi connectivity index (χ3n) is 5.78. The molecule has 0 radical (unpaired) electrons. The molecule has 0 fully saturated rings. The average molecular weight is 445 g/mol. The first-order valence-electron chi connectivity index (χ1n) is 11.1. The largest absolute Gasteiger partial charge is 0.332 e. The molecule has 1 aromatic carbocycles. The number of carbonyl (C=O) groups excluding carboxylic acids is 1. The van der Waals surface area contributed by atoms with E-state index in [1.54, 1.807) is 23.5 Å². The number of rotatable bonds is 7. The average Bonchev–Trinajstić information content (AvgIpc) is 3.27. The smallest absolute Gasteiger partial charge is 0.255 e. The number of aromatic amines is 2. The molecule has 33 heavy (non-hydrogen) atoms. The maximum absolute atomic E-state index is 13.9. The van der Waals surface area contributed by atoms with Crippen molar-refractivity contribution in [2.75, 3.05) is 0 Å². The molecule has 4 rings (SSSR count). The lowest BCUT2D eigenvalue weighted by Crippen LogP contribution is -2.38. The number of pyridine rings is 1. The Morgan fingerprint density at radius 1 is 1.09 bits per heavy atom. The normalized spacial score (nSPS) is 11.3. The molecule has 0 saturated carbocycles. The van der Waals surface area contributed by atoms with E-state index in [0.717, 1.165) is 46.1 Å². The van der Waals surface area contributed by atoms with Crippen LogP contribution in [0.25, 0.3) is 22.0 Å². The highest BCUT2D eigenvalue weighted by atomic mass is 16.2. The van der Waals surface area contributed by atoms with Gasteiger partial charge in [0, 0.05) is 40.6 Å². The summed E-state index contributed by atoms with van der Waals surface area (Å²) in [6.45, 7) is 8.12. The first-order chi connectivity index (χ1) is 15.9. The zero-order valence-electron chi connectivity index (χ0n) is 19.3. The van der Waals surface area contributed by atoms with Gasteiger partial charge in [0.15, 0.2) is 0 Å². The fourth-order valence-corrected chi connectivity index (χ4v) is 4.11. The van der Waals surface area contributed by atoms with Crippen molar-refractivity contribution >= 4 is 16.8 Å². The lowest BCUT2D eigenvalue weighted by molar-refractivity contribution is 0.0691. The van der Waals surface area contributed by atoms with Gasteiger partial charge in [-0.3, -0.25) is 14.7 Å². The standard InChI is InChI=1S/C25H28N6O2/c1-5-6-17-7-16(4)29-24(32)22(17)13-31(15(2)3)25(33)20-8-18(19-10-26-14-27-11-19)9-23-21(20)12-28-30-23/h7-12,14-15H,5-6,13H2,1-4H3,(H,28,30)(H,29,32). The second-order valence-corrected chi connectivity index (χ2v) is 8.54. The van der Waals surface area contributed by atoms with Gasteiger partial charge >= 0.3 is 0 Å². The summed E-state index contributed by atoms with van der Waals surface area (Å²) in [7, 11) is 0. The Kier molecular flexibility index (Phi) is 6.35. The summed E-state index contributed by atoms with van der Waals surface area (Å²) >= 11 is 0.